The molecule has 0 spiro atoms. The lowest BCUT2D eigenvalue weighted by Gasteiger charge is -2.36. The zero-order valence-corrected chi connectivity index (χ0v) is 14.2. The van der Waals surface area contributed by atoms with Gasteiger partial charge in [-0.2, -0.15) is 0 Å². The highest BCUT2D eigenvalue weighted by atomic mass is 16.3. The summed E-state index contributed by atoms with van der Waals surface area (Å²) in [6, 6.07) is 12.1. The van der Waals surface area contributed by atoms with E-state index in [-0.39, 0.29) is 10.8 Å². The molecule has 0 bridgehead atoms. The summed E-state index contributed by atoms with van der Waals surface area (Å²) < 4.78 is 0. The maximum absolute atomic E-state index is 10.1. The Bertz CT molecular complexity index is 626. The summed E-state index contributed by atoms with van der Waals surface area (Å²) >= 11 is 0. The molecule has 0 aliphatic carbocycles. The topological polar surface area (TPSA) is 20.2 Å². The average molecular weight is 284 g/mol. The van der Waals surface area contributed by atoms with Crippen LogP contribution in [0.2, 0.25) is 0 Å². The number of hydrogen-bond donors (Lipinski definition) is 1. The lowest BCUT2D eigenvalue weighted by atomic mass is 9.68. The molecule has 1 nitrogen and oxygen atoms in total. The largest absolute Gasteiger partial charge is 0.507 e. The van der Waals surface area contributed by atoms with Crippen molar-refractivity contribution in [1.29, 1.82) is 0 Å². The van der Waals surface area contributed by atoms with Gasteiger partial charge in [0.15, 0.2) is 0 Å². The maximum Gasteiger partial charge on any atom is 0.123 e. The van der Waals surface area contributed by atoms with Crippen molar-refractivity contribution in [2.75, 3.05) is 0 Å². The van der Waals surface area contributed by atoms with Gasteiger partial charge in [-0.05, 0) is 40.2 Å². The van der Waals surface area contributed by atoms with Gasteiger partial charge in [-0.25, -0.2) is 0 Å². The van der Waals surface area contributed by atoms with Crippen LogP contribution < -0.4 is 0 Å². The quantitative estimate of drug-likeness (QED) is 0.705. The van der Waals surface area contributed by atoms with E-state index in [2.05, 4.69) is 59.7 Å². The van der Waals surface area contributed by atoms with Crippen LogP contribution in [-0.4, -0.2) is 5.11 Å². The molecule has 1 N–H and O–H groups in total. The minimum absolute atomic E-state index is 0.188. The van der Waals surface area contributed by atoms with Gasteiger partial charge in [-0.1, -0.05) is 71.9 Å². The lowest BCUT2D eigenvalue weighted by Crippen LogP contribution is -2.24. The second kappa shape index (κ2) is 5.36. The normalized spacial score (nSPS) is 14.4. The predicted octanol–water partition coefficient (Wildman–Crippen LogP) is 6.11. The van der Waals surface area contributed by atoms with Crippen LogP contribution in [0, 0.1) is 10.8 Å². The number of fused-ring (bicyclic) bond motifs is 1. The van der Waals surface area contributed by atoms with E-state index < -0.39 is 0 Å². The molecule has 0 aliphatic rings. The lowest BCUT2D eigenvalue weighted by molar-refractivity contribution is 0.230. The van der Waals surface area contributed by atoms with Gasteiger partial charge >= 0.3 is 0 Å². The van der Waals surface area contributed by atoms with Crippen LogP contribution in [0.1, 0.15) is 59.4 Å². The van der Waals surface area contributed by atoms with Gasteiger partial charge in [0.25, 0.3) is 0 Å². The monoisotopic (exact) mass is 284 g/mol. The maximum atomic E-state index is 10.1. The van der Waals surface area contributed by atoms with Crippen LogP contribution in [0.3, 0.4) is 0 Å². The summed E-state index contributed by atoms with van der Waals surface area (Å²) in [6.45, 7) is 13.8. The van der Waals surface area contributed by atoms with Crippen molar-refractivity contribution in [3.63, 3.8) is 0 Å². The summed E-state index contributed by atoms with van der Waals surface area (Å²) in [4.78, 5) is 0. The third-order valence-electron chi connectivity index (χ3n) is 4.17. The van der Waals surface area contributed by atoms with Gasteiger partial charge in [-0.3, -0.25) is 0 Å². The highest BCUT2D eigenvalue weighted by Crippen LogP contribution is 2.45. The van der Waals surface area contributed by atoms with Crippen molar-refractivity contribution in [2.24, 2.45) is 10.8 Å². The van der Waals surface area contributed by atoms with Gasteiger partial charge in [0, 0.05) is 5.39 Å². The zero-order valence-electron chi connectivity index (χ0n) is 14.2. The standard InChI is InChI=1S/C20H28O/c1-19(2,3)13-17(20(4,5)6)15-10-7-11-16-14(15)9-8-12-18(16)21/h7-12,17,21H,13H2,1-6H3. The Labute approximate surface area is 129 Å². The van der Waals surface area contributed by atoms with Crippen LogP contribution in [0.15, 0.2) is 36.4 Å². The second-order valence-corrected chi connectivity index (χ2v) is 8.40. The Balaban J connectivity index is 2.63. The number of aromatic hydroxyl groups is 1. The van der Waals surface area contributed by atoms with E-state index in [9.17, 15) is 5.11 Å². The first kappa shape index (κ1) is 15.9. The van der Waals surface area contributed by atoms with Crippen molar-refractivity contribution >= 4 is 10.8 Å². The first-order valence-corrected chi connectivity index (χ1v) is 7.80. The molecule has 1 unspecified atom stereocenters. The molecule has 0 aliphatic heterocycles. The molecule has 2 rings (SSSR count). The summed E-state index contributed by atoms with van der Waals surface area (Å²) in [5, 5.41) is 12.3. The van der Waals surface area contributed by atoms with Crippen molar-refractivity contribution in [2.45, 2.75) is 53.9 Å². The van der Waals surface area contributed by atoms with E-state index in [1.54, 1.807) is 6.07 Å². The SMILES string of the molecule is CC(C)(C)CC(c1cccc2c(O)cccc12)C(C)(C)C. The van der Waals surface area contributed by atoms with E-state index in [1.807, 2.05) is 12.1 Å². The molecule has 0 aromatic heterocycles. The van der Waals surface area contributed by atoms with Crippen molar-refractivity contribution in [3.8, 4) is 5.75 Å². The molecule has 0 radical (unpaired) electrons. The molecule has 2 aromatic carbocycles. The second-order valence-electron chi connectivity index (χ2n) is 8.40. The zero-order chi connectivity index (χ0) is 15.8. The van der Waals surface area contributed by atoms with E-state index >= 15 is 0 Å². The van der Waals surface area contributed by atoms with Crippen LogP contribution in [0.4, 0.5) is 0 Å². The fraction of sp³-hybridized carbons (Fsp3) is 0.500. The number of hydrogen-bond acceptors (Lipinski definition) is 1. The first-order chi connectivity index (χ1) is 9.59. The molecule has 0 amide bonds. The number of phenolic OH excluding ortho intramolecular Hbond substituents is 1. The number of phenols is 1. The summed E-state index contributed by atoms with van der Waals surface area (Å²) in [7, 11) is 0. The van der Waals surface area contributed by atoms with Gasteiger partial charge in [0.05, 0.1) is 0 Å². The minimum Gasteiger partial charge on any atom is -0.507 e. The summed E-state index contributed by atoms with van der Waals surface area (Å²) in [5.41, 5.74) is 1.81. The molecular formula is C20H28O. The highest BCUT2D eigenvalue weighted by Gasteiger charge is 2.31. The summed E-state index contributed by atoms with van der Waals surface area (Å²) in [6.07, 6.45) is 1.13. The Morgan fingerprint density at radius 1 is 0.857 bits per heavy atom. The number of rotatable bonds is 2. The van der Waals surface area contributed by atoms with Gasteiger partial charge in [0.1, 0.15) is 5.75 Å². The average Bonchev–Trinajstić information content (AvgIpc) is 2.34. The van der Waals surface area contributed by atoms with Crippen LogP contribution in [0.5, 0.6) is 5.75 Å². The minimum atomic E-state index is 0.188. The smallest absolute Gasteiger partial charge is 0.123 e. The number of benzene rings is 2. The predicted molar refractivity (Wildman–Crippen MR) is 91.9 cm³/mol. The van der Waals surface area contributed by atoms with Crippen molar-refractivity contribution < 1.29 is 5.11 Å². The van der Waals surface area contributed by atoms with Crippen molar-refractivity contribution in [3.05, 3.63) is 42.0 Å². The van der Waals surface area contributed by atoms with Crippen LogP contribution >= 0.6 is 0 Å². The fourth-order valence-corrected chi connectivity index (χ4v) is 3.12. The molecule has 0 saturated heterocycles. The molecule has 2 aromatic rings. The van der Waals surface area contributed by atoms with Gasteiger partial charge < -0.3 is 5.11 Å². The third-order valence-corrected chi connectivity index (χ3v) is 4.17. The fourth-order valence-electron chi connectivity index (χ4n) is 3.12. The molecule has 1 atom stereocenters. The molecule has 0 saturated carbocycles. The van der Waals surface area contributed by atoms with Crippen LogP contribution in [-0.2, 0) is 0 Å². The molecule has 21 heavy (non-hydrogen) atoms. The molecule has 0 fully saturated rings. The highest BCUT2D eigenvalue weighted by molar-refractivity contribution is 5.91. The molecule has 0 heterocycles. The first-order valence-electron chi connectivity index (χ1n) is 7.80. The van der Waals surface area contributed by atoms with Crippen LogP contribution in [0.25, 0.3) is 10.8 Å². The Hall–Kier alpha value is -1.50. The van der Waals surface area contributed by atoms with Crippen molar-refractivity contribution in [1.82, 2.24) is 0 Å². The Morgan fingerprint density at radius 2 is 1.43 bits per heavy atom. The Morgan fingerprint density at radius 3 is 2.00 bits per heavy atom. The van der Waals surface area contributed by atoms with E-state index in [0.717, 1.165) is 11.8 Å². The van der Waals surface area contributed by atoms with E-state index in [4.69, 9.17) is 0 Å². The van der Waals surface area contributed by atoms with E-state index in [1.165, 1.54) is 10.9 Å². The third kappa shape index (κ3) is 3.58. The molecule has 1 heteroatoms. The summed E-state index contributed by atoms with van der Waals surface area (Å²) in [5.74, 6) is 0.834. The van der Waals surface area contributed by atoms with Gasteiger partial charge in [0.2, 0.25) is 0 Å². The Kier molecular flexibility index (Phi) is 4.06. The molecular weight excluding hydrogens is 256 g/mol. The van der Waals surface area contributed by atoms with E-state index in [0.29, 0.717) is 11.7 Å². The van der Waals surface area contributed by atoms with Gasteiger partial charge in [-0.15, -0.1) is 0 Å². The molecule has 114 valence electrons.